The van der Waals surface area contributed by atoms with Gasteiger partial charge in [-0.2, -0.15) is 5.10 Å². The summed E-state index contributed by atoms with van der Waals surface area (Å²) in [6.45, 7) is 0. The molecule has 0 spiro atoms. The van der Waals surface area contributed by atoms with Crippen LogP contribution in [0.15, 0.2) is 40.0 Å². The van der Waals surface area contributed by atoms with Crippen LogP contribution in [0.25, 0.3) is 0 Å². The van der Waals surface area contributed by atoms with E-state index in [4.69, 9.17) is 0 Å². The number of benzene rings is 1. The minimum atomic E-state index is -3.77. The fraction of sp³-hybridized carbons (Fsp3) is 0. The molecule has 2 rings (SSSR count). The number of sulfonamides is 1. The fourth-order valence-corrected chi connectivity index (χ4v) is 2.87. The van der Waals surface area contributed by atoms with Crippen molar-refractivity contribution in [2.24, 2.45) is 0 Å². The molecule has 0 aliphatic rings. The van der Waals surface area contributed by atoms with Gasteiger partial charge in [0.05, 0.1) is 16.8 Å². The second kappa shape index (κ2) is 4.97. The Morgan fingerprint density at radius 1 is 1.42 bits per heavy atom. The lowest BCUT2D eigenvalue weighted by atomic mass is 10.3. The van der Waals surface area contributed by atoms with Crippen molar-refractivity contribution in [2.75, 3.05) is 4.72 Å². The lowest BCUT2D eigenvalue weighted by Crippen LogP contribution is -2.12. The summed E-state index contributed by atoms with van der Waals surface area (Å²) >= 11 is 3.08. The smallest absolute Gasteiger partial charge is 0.270 e. The summed E-state index contributed by atoms with van der Waals surface area (Å²) in [7, 11) is -3.77. The first-order valence-corrected chi connectivity index (χ1v) is 7.13. The largest absolute Gasteiger partial charge is 0.284 e. The van der Waals surface area contributed by atoms with Gasteiger partial charge in [0.15, 0.2) is 0 Å². The van der Waals surface area contributed by atoms with Crippen LogP contribution in [-0.4, -0.2) is 23.5 Å². The van der Waals surface area contributed by atoms with Gasteiger partial charge < -0.3 is 0 Å². The Labute approximate surface area is 116 Å². The number of nitrogens with zero attached hydrogens (tertiary/aromatic N) is 2. The molecule has 0 aliphatic heterocycles. The second-order valence-electron chi connectivity index (χ2n) is 3.46. The molecule has 0 amide bonds. The Morgan fingerprint density at radius 2 is 2.16 bits per heavy atom. The number of rotatable bonds is 4. The van der Waals surface area contributed by atoms with Gasteiger partial charge in [0.25, 0.3) is 15.7 Å². The van der Waals surface area contributed by atoms with Crippen molar-refractivity contribution in [2.45, 2.75) is 4.90 Å². The highest BCUT2D eigenvalue weighted by Crippen LogP contribution is 2.28. The number of aromatic nitrogens is 2. The molecule has 0 atom stereocenters. The topological polar surface area (TPSA) is 118 Å². The van der Waals surface area contributed by atoms with E-state index in [-0.39, 0.29) is 20.7 Å². The maximum absolute atomic E-state index is 11.9. The van der Waals surface area contributed by atoms with Crippen molar-refractivity contribution in [3.05, 3.63) is 45.2 Å². The summed E-state index contributed by atoms with van der Waals surface area (Å²) in [5.41, 5.74) is 0.0601. The zero-order valence-electron chi connectivity index (χ0n) is 9.20. The molecule has 0 unspecified atom stereocenters. The Balaban J connectivity index is 2.32. The summed E-state index contributed by atoms with van der Waals surface area (Å²) in [6, 6.07) is 3.73. The molecule has 0 aliphatic carbocycles. The third kappa shape index (κ3) is 2.90. The molecule has 1 aromatic carbocycles. The van der Waals surface area contributed by atoms with Gasteiger partial charge in [0.1, 0.15) is 4.90 Å². The molecule has 1 aromatic heterocycles. The molecule has 0 bridgehead atoms. The first-order chi connectivity index (χ1) is 8.90. The molecule has 1 heterocycles. The second-order valence-corrected chi connectivity index (χ2v) is 6.00. The van der Waals surface area contributed by atoms with Crippen molar-refractivity contribution < 1.29 is 13.3 Å². The number of nitrogens with one attached hydrogen (secondary N) is 2. The number of hydrogen-bond donors (Lipinski definition) is 2. The summed E-state index contributed by atoms with van der Waals surface area (Å²) in [4.78, 5) is 9.97. The lowest BCUT2D eigenvalue weighted by Gasteiger charge is -2.07. The van der Waals surface area contributed by atoms with E-state index < -0.39 is 14.9 Å². The number of H-pyrrole nitrogens is 1. The first-order valence-electron chi connectivity index (χ1n) is 4.86. The van der Waals surface area contributed by atoms with Gasteiger partial charge >= 0.3 is 0 Å². The Bertz CT molecular complexity index is 714. The monoisotopic (exact) mass is 346 g/mol. The molecule has 0 radical (unpaired) electrons. The van der Waals surface area contributed by atoms with E-state index in [0.29, 0.717) is 0 Å². The fourth-order valence-electron chi connectivity index (χ4n) is 1.29. The molecule has 100 valence electrons. The molecule has 0 fully saturated rings. The van der Waals surface area contributed by atoms with E-state index in [1.807, 2.05) is 0 Å². The summed E-state index contributed by atoms with van der Waals surface area (Å²) in [6.07, 6.45) is 2.38. The van der Waals surface area contributed by atoms with E-state index in [1.165, 1.54) is 24.4 Å². The van der Waals surface area contributed by atoms with Gasteiger partial charge in [-0.1, -0.05) is 0 Å². The molecular weight excluding hydrogens is 340 g/mol. The third-order valence-electron chi connectivity index (χ3n) is 2.19. The van der Waals surface area contributed by atoms with Gasteiger partial charge in [0.2, 0.25) is 0 Å². The minimum absolute atomic E-state index is 0.0299. The van der Waals surface area contributed by atoms with Gasteiger partial charge in [0, 0.05) is 22.8 Å². The summed E-state index contributed by atoms with van der Waals surface area (Å²) < 4.78 is 26.4. The van der Waals surface area contributed by atoms with Crippen LogP contribution in [0, 0.1) is 10.1 Å². The van der Waals surface area contributed by atoms with E-state index >= 15 is 0 Å². The zero-order valence-corrected chi connectivity index (χ0v) is 11.6. The van der Waals surface area contributed by atoms with E-state index in [9.17, 15) is 18.5 Å². The Kier molecular flexibility index (Phi) is 3.53. The molecular formula is C9H7BrN4O4S. The molecule has 0 saturated heterocycles. The number of hydrogen-bond acceptors (Lipinski definition) is 5. The Morgan fingerprint density at radius 3 is 2.68 bits per heavy atom. The molecule has 19 heavy (non-hydrogen) atoms. The van der Waals surface area contributed by atoms with E-state index in [2.05, 4.69) is 30.8 Å². The number of nitro benzene ring substituents is 1. The van der Waals surface area contributed by atoms with E-state index in [1.54, 1.807) is 0 Å². The normalized spacial score (nSPS) is 11.2. The third-order valence-corrected chi connectivity index (χ3v) is 4.18. The van der Waals surface area contributed by atoms with Crippen molar-refractivity contribution in [1.29, 1.82) is 0 Å². The van der Waals surface area contributed by atoms with Crippen LogP contribution in [-0.2, 0) is 10.0 Å². The van der Waals surface area contributed by atoms with Crippen molar-refractivity contribution >= 4 is 37.3 Å². The van der Waals surface area contributed by atoms with Gasteiger partial charge in [-0.3, -0.25) is 19.9 Å². The molecule has 2 aromatic rings. The Hall–Kier alpha value is -1.94. The quantitative estimate of drug-likeness (QED) is 0.647. The predicted octanol–water partition coefficient (Wildman–Crippen LogP) is 1.88. The predicted molar refractivity (Wildman–Crippen MR) is 70.2 cm³/mol. The van der Waals surface area contributed by atoms with Gasteiger partial charge in [-0.25, -0.2) is 8.42 Å². The standard InChI is InChI=1S/C9H7BrN4O4S/c10-8-3-6(14(15)16)1-2-9(8)13-19(17,18)7-4-11-12-5-7/h1-5,13H,(H,11,12). The lowest BCUT2D eigenvalue weighted by molar-refractivity contribution is -0.384. The van der Waals surface area contributed by atoms with Gasteiger partial charge in [-0.15, -0.1) is 0 Å². The maximum Gasteiger partial charge on any atom is 0.270 e. The number of halogens is 1. The SMILES string of the molecule is O=[N+]([O-])c1ccc(NS(=O)(=O)c2cn[nH]c2)c(Br)c1. The minimum Gasteiger partial charge on any atom is -0.284 e. The number of anilines is 1. The average molecular weight is 347 g/mol. The highest BCUT2D eigenvalue weighted by Gasteiger charge is 2.18. The van der Waals surface area contributed by atoms with Crippen LogP contribution >= 0.6 is 15.9 Å². The van der Waals surface area contributed by atoms with E-state index in [0.717, 1.165) is 6.20 Å². The number of nitro groups is 1. The molecule has 10 heteroatoms. The summed E-state index contributed by atoms with van der Waals surface area (Å²) in [5, 5.41) is 16.5. The maximum atomic E-state index is 11.9. The van der Waals surface area contributed by atoms with Crippen LogP contribution in [0.5, 0.6) is 0 Å². The van der Waals surface area contributed by atoms with Crippen LogP contribution in [0.1, 0.15) is 0 Å². The molecule has 8 nitrogen and oxygen atoms in total. The van der Waals surface area contributed by atoms with Crippen LogP contribution in [0.3, 0.4) is 0 Å². The highest BCUT2D eigenvalue weighted by atomic mass is 79.9. The average Bonchev–Trinajstić information content (AvgIpc) is 2.85. The molecule has 0 saturated carbocycles. The van der Waals surface area contributed by atoms with Gasteiger partial charge in [-0.05, 0) is 22.0 Å². The molecule has 2 N–H and O–H groups in total. The van der Waals surface area contributed by atoms with Crippen LogP contribution in [0.4, 0.5) is 11.4 Å². The zero-order chi connectivity index (χ0) is 14.0. The van der Waals surface area contributed by atoms with Crippen molar-refractivity contribution in [1.82, 2.24) is 10.2 Å². The van der Waals surface area contributed by atoms with Crippen molar-refractivity contribution in [3.63, 3.8) is 0 Å². The van der Waals surface area contributed by atoms with Crippen LogP contribution in [0.2, 0.25) is 0 Å². The van der Waals surface area contributed by atoms with Crippen LogP contribution < -0.4 is 4.72 Å². The first kappa shape index (κ1) is 13.5. The highest BCUT2D eigenvalue weighted by molar-refractivity contribution is 9.10. The number of aromatic amines is 1. The summed E-state index contributed by atoms with van der Waals surface area (Å²) in [5.74, 6) is 0. The van der Waals surface area contributed by atoms with Crippen molar-refractivity contribution in [3.8, 4) is 0 Å². The number of non-ortho nitro benzene ring substituents is 1.